The number of nitrogens with zero attached hydrogens (tertiary/aromatic N) is 1. The van der Waals surface area contributed by atoms with E-state index in [4.69, 9.17) is 11.6 Å². The molecule has 1 aromatic carbocycles. The Balaban J connectivity index is 2.10. The number of halogens is 1. The molecule has 3 nitrogen and oxygen atoms in total. The van der Waals surface area contributed by atoms with Crippen molar-refractivity contribution in [2.24, 2.45) is 0 Å². The molecule has 0 radical (unpaired) electrons. The predicted octanol–water partition coefficient (Wildman–Crippen LogP) is 4.31. The van der Waals surface area contributed by atoms with Crippen molar-refractivity contribution in [1.29, 1.82) is 0 Å². The summed E-state index contributed by atoms with van der Waals surface area (Å²) in [7, 11) is 3.98. The maximum absolute atomic E-state index is 12.4. The molecule has 23 heavy (non-hydrogen) atoms. The van der Waals surface area contributed by atoms with Gasteiger partial charge in [-0.3, -0.25) is 4.79 Å². The van der Waals surface area contributed by atoms with E-state index in [0.717, 1.165) is 21.9 Å². The Morgan fingerprint density at radius 1 is 1.35 bits per heavy atom. The van der Waals surface area contributed by atoms with E-state index >= 15 is 0 Å². The van der Waals surface area contributed by atoms with Gasteiger partial charge in [-0.1, -0.05) is 36.7 Å². The van der Waals surface area contributed by atoms with Gasteiger partial charge in [0.25, 0.3) is 5.91 Å². The van der Waals surface area contributed by atoms with Crippen LogP contribution in [0.15, 0.2) is 30.3 Å². The monoisotopic (exact) mass is 350 g/mol. The molecule has 0 aliphatic carbocycles. The van der Waals surface area contributed by atoms with Crippen LogP contribution in [0.4, 0.5) is 0 Å². The van der Waals surface area contributed by atoms with Crippen LogP contribution in [0.1, 0.15) is 38.6 Å². The number of likely N-dealkylation sites (N-methyl/N-ethyl adjacent to an activating group) is 1. The summed E-state index contributed by atoms with van der Waals surface area (Å²) in [6, 6.07) is 9.80. The molecule has 0 saturated heterocycles. The van der Waals surface area contributed by atoms with Crippen molar-refractivity contribution >= 4 is 28.8 Å². The number of nitrogens with one attached hydrogen (secondary N) is 1. The lowest BCUT2D eigenvalue weighted by atomic mass is 10.1. The Morgan fingerprint density at radius 2 is 2.04 bits per heavy atom. The van der Waals surface area contributed by atoms with E-state index in [-0.39, 0.29) is 11.9 Å². The first-order chi connectivity index (χ1) is 10.9. The van der Waals surface area contributed by atoms with Gasteiger partial charge in [0, 0.05) is 16.4 Å². The van der Waals surface area contributed by atoms with Crippen molar-refractivity contribution in [3.8, 4) is 0 Å². The minimum Gasteiger partial charge on any atom is -0.349 e. The summed E-state index contributed by atoms with van der Waals surface area (Å²) in [5.41, 5.74) is 2.27. The summed E-state index contributed by atoms with van der Waals surface area (Å²) in [6.07, 6.45) is 0.954. The second-order valence-electron chi connectivity index (χ2n) is 5.76. The highest BCUT2D eigenvalue weighted by molar-refractivity contribution is 7.14. The molecule has 1 N–H and O–H groups in total. The molecule has 0 aliphatic rings. The van der Waals surface area contributed by atoms with Crippen molar-refractivity contribution in [3.63, 3.8) is 0 Å². The van der Waals surface area contributed by atoms with Crippen LogP contribution >= 0.6 is 22.9 Å². The van der Waals surface area contributed by atoms with Gasteiger partial charge in [0.2, 0.25) is 0 Å². The van der Waals surface area contributed by atoms with Gasteiger partial charge in [-0.25, -0.2) is 0 Å². The number of carbonyl (C=O) groups is 1. The molecule has 124 valence electrons. The number of hydrogen-bond acceptors (Lipinski definition) is 3. The van der Waals surface area contributed by atoms with Crippen molar-refractivity contribution in [2.75, 3.05) is 20.6 Å². The van der Waals surface area contributed by atoms with Crippen LogP contribution in [-0.4, -0.2) is 31.4 Å². The Bertz CT molecular complexity index is 681. The van der Waals surface area contributed by atoms with Crippen LogP contribution < -0.4 is 5.32 Å². The van der Waals surface area contributed by atoms with E-state index in [1.54, 1.807) is 11.3 Å². The largest absolute Gasteiger partial charge is 0.349 e. The molecule has 0 saturated carbocycles. The zero-order valence-electron chi connectivity index (χ0n) is 14.0. The van der Waals surface area contributed by atoms with Gasteiger partial charge in [0.05, 0.1) is 10.9 Å². The molecule has 0 fully saturated rings. The fourth-order valence-electron chi connectivity index (χ4n) is 2.58. The fourth-order valence-corrected chi connectivity index (χ4v) is 3.87. The average molecular weight is 351 g/mol. The van der Waals surface area contributed by atoms with Crippen LogP contribution in [0, 0.1) is 6.92 Å². The molecule has 5 heteroatoms. The van der Waals surface area contributed by atoms with E-state index in [1.807, 2.05) is 44.4 Å². The first-order valence-corrected chi connectivity index (χ1v) is 8.91. The lowest BCUT2D eigenvalue weighted by Gasteiger charge is -2.25. The van der Waals surface area contributed by atoms with Gasteiger partial charge in [-0.15, -0.1) is 11.3 Å². The predicted molar refractivity (Wildman–Crippen MR) is 98.6 cm³/mol. The van der Waals surface area contributed by atoms with Gasteiger partial charge < -0.3 is 10.2 Å². The molecule has 2 rings (SSSR count). The van der Waals surface area contributed by atoms with Gasteiger partial charge in [-0.2, -0.15) is 0 Å². The van der Waals surface area contributed by atoms with Gasteiger partial charge in [0.1, 0.15) is 0 Å². The summed E-state index contributed by atoms with van der Waals surface area (Å²) >= 11 is 7.86. The zero-order valence-corrected chi connectivity index (χ0v) is 15.6. The number of carbonyl (C=O) groups excluding carboxylic acids is 1. The molecule has 1 aromatic heterocycles. The number of aryl methyl sites for hydroxylation is 2. The average Bonchev–Trinajstić information content (AvgIpc) is 2.90. The first-order valence-electron chi connectivity index (χ1n) is 7.72. The lowest BCUT2D eigenvalue weighted by molar-refractivity contribution is 0.0946. The highest BCUT2D eigenvalue weighted by Crippen LogP contribution is 2.26. The number of hydrogen-bond donors (Lipinski definition) is 1. The number of amides is 1. The molecular formula is C18H23ClN2OS. The Hall–Kier alpha value is -1.36. The normalized spacial score (nSPS) is 12.4. The van der Waals surface area contributed by atoms with E-state index in [2.05, 4.69) is 24.1 Å². The van der Waals surface area contributed by atoms with Gasteiger partial charge in [0.15, 0.2) is 0 Å². The molecule has 1 atom stereocenters. The fraction of sp³-hybridized carbons (Fsp3) is 0.389. The van der Waals surface area contributed by atoms with Gasteiger partial charge in [-0.05, 0) is 50.7 Å². The second-order valence-corrected chi connectivity index (χ2v) is 7.42. The minimum atomic E-state index is -0.0169. The Labute approximate surface area is 147 Å². The standard InChI is InChI=1S/C18H23ClN2OS/c1-5-13-10-17(23-12(13)2)18(22)20-11-16(21(3)4)14-8-6-7-9-15(14)19/h6-10,16H,5,11H2,1-4H3,(H,20,22). The molecule has 1 unspecified atom stereocenters. The summed E-state index contributed by atoms with van der Waals surface area (Å²) < 4.78 is 0. The zero-order chi connectivity index (χ0) is 17.0. The molecule has 2 aromatic rings. The quantitative estimate of drug-likeness (QED) is 0.842. The number of rotatable bonds is 6. The third-order valence-electron chi connectivity index (χ3n) is 3.97. The molecule has 1 heterocycles. The van der Waals surface area contributed by atoms with E-state index < -0.39 is 0 Å². The second kappa shape index (κ2) is 7.95. The molecule has 0 aliphatic heterocycles. The summed E-state index contributed by atoms with van der Waals surface area (Å²) in [6.45, 7) is 4.69. The SMILES string of the molecule is CCc1cc(C(=O)NCC(c2ccccc2Cl)N(C)C)sc1C. The van der Waals surface area contributed by atoms with E-state index in [0.29, 0.717) is 6.54 Å². The smallest absolute Gasteiger partial charge is 0.261 e. The van der Waals surface area contributed by atoms with Crippen LogP contribution in [0.3, 0.4) is 0 Å². The highest BCUT2D eigenvalue weighted by atomic mass is 35.5. The summed E-state index contributed by atoms with van der Waals surface area (Å²) in [4.78, 5) is 16.5. The third-order valence-corrected chi connectivity index (χ3v) is 5.40. The highest BCUT2D eigenvalue weighted by Gasteiger charge is 2.19. The Morgan fingerprint density at radius 3 is 2.61 bits per heavy atom. The molecule has 1 amide bonds. The van der Waals surface area contributed by atoms with Crippen molar-refractivity contribution < 1.29 is 4.79 Å². The first kappa shape index (κ1) is 18.0. The molecule has 0 bridgehead atoms. The summed E-state index contributed by atoms with van der Waals surface area (Å²) in [5, 5.41) is 3.76. The van der Waals surface area contributed by atoms with Crippen LogP contribution in [-0.2, 0) is 6.42 Å². The Kier molecular flexibility index (Phi) is 6.22. The van der Waals surface area contributed by atoms with Crippen LogP contribution in [0.5, 0.6) is 0 Å². The topological polar surface area (TPSA) is 32.3 Å². The van der Waals surface area contributed by atoms with Crippen molar-refractivity contribution in [1.82, 2.24) is 10.2 Å². The maximum Gasteiger partial charge on any atom is 0.261 e. The molecule has 0 spiro atoms. The lowest BCUT2D eigenvalue weighted by Crippen LogP contribution is -2.34. The molecular weight excluding hydrogens is 328 g/mol. The van der Waals surface area contributed by atoms with Gasteiger partial charge >= 0.3 is 0 Å². The summed E-state index contributed by atoms with van der Waals surface area (Å²) in [5.74, 6) is -0.0169. The number of thiophene rings is 1. The van der Waals surface area contributed by atoms with Crippen LogP contribution in [0.2, 0.25) is 5.02 Å². The van der Waals surface area contributed by atoms with Crippen LogP contribution in [0.25, 0.3) is 0 Å². The number of benzene rings is 1. The van der Waals surface area contributed by atoms with E-state index in [1.165, 1.54) is 10.4 Å². The minimum absolute atomic E-state index is 0.0169. The van der Waals surface area contributed by atoms with Crippen molar-refractivity contribution in [3.05, 3.63) is 56.2 Å². The van der Waals surface area contributed by atoms with Crippen molar-refractivity contribution in [2.45, 2.75) is 26.3 Å². The van der Waals surface area contributed by atoms with E-state index in [9.17, 15) is 4.79 Å². The third kappa shape index (κ3) is 4.34. The maximum atomic E-state index is 12.4.